The van der Waals surface area contributed by atoms with E-state index in [2.05, 4.69) is 11.2 Å². The molecular weight excluding hydrogens is 168 g/mol. The average Bonchev–Trinajstić information content (AvgIpc) is 2.19. The van der Waals surface area contributed by atoms with Crippen molar-refractivity contribution < 1.29 is 9.53 Å². The van der Waals surface area contributed by atoms with Crippen LogP contribution in [0.1, 0.15) is 0 Å². The predicted molar refractivity (Wildman–Crippen MR) is 48.1 cm³/mol. The Labute approximate surface area is 78.2 Å². The molecule has 71 valence electrons. The van der Waals surface area contributed by atoms with E-state index in [1.165, 1.54) is 0 Å². The second kappa shape index (κ2) is 5.57. The first-order chi connectivity index (χ1) is 6.34. The molecule has 0 N–H and O–H groups in total. The van der Waals surface area contributed by atoms with Gasteiger partial charge in [-0.1, -0.05) is 5.92 Å². The highest BCUT2D eigenvalue weighted by Gasteiger charge is 2.15. The average molecular weight is 181 g/mol. The summed E-state index contributed by atoms with van der Waals surface area (Å²) in [5.74, 6) is 2.32. The number of nitrogens with zero attached hydrogens (tertiary/aromatic N) is 2. The molecule has 1 radical (unpaired) electrons. The van der Waals surface area contributed by atoms with E-state index in [-0.39, 0.29) is 19.1 Å². The molecule has 0 unspecified atom stereocenters. The van der Waals surface area contributed by atoms with Crippen molar-refractivity contribution in [2.45, 2.75) is 0 Å². The van der Waals surface area contributed by atoms with Crippen LogP contribution in [0.15, 0.2) is 0 Å². The number of carbonyl (C=O) groups excluding carboxylic acids is 1. The molecule has 0 aliphatic carbocycles. The maximum Gasteiger partial charge on any atom is 0.248 e. The van der Waals surface area contributed by atoms with E-state index >= 15 is 0 Å². The molecule has 4 heteroatoms. The third kappa shape index (κ3) is 3.45. The highest BCUT2D eigenvalue weighted by atomic mass is 16.5. The molecule has 1 saturated heterocycles. The van der Waals surface area contributed by atoms with Gasteiger partial charge >= 0.3 is 0 Å². The Morgan fingerprint density at radius 3 is 2.85 bits per heavy atom. The maximum atomic E-state index is 11.4. The van der Waals surface area contributed by atoms with Crippen LogP contribution in [-0.2, 0) is 9.53 Å². The smallest absolute Gasteiger partial charge is 0.248 e. The van der Waals surface area contributed by atoms with Gasteiger partial charge in [-0.2, -0.15) is 0 Å². The van der Waals surface area contributed by atoms with E-state index < -0.39 is 0 Å². The molecule has 1 heterocycles. The minimum absolute atomic E-state index is 0.00477. The Morgan fingerprint density at radius 1 is 1.54 bits per heavy atom. The Balaban J connectivity index is 2.18. The first-order valence-electron chi connectivity index (χ1n) is 4.27. The lowest BCUT2D eigenvalue weighted by Crippen LogP contribution is -2.45. The summed E-state index contributed by atoms with van der Waals surface area (Å²) in [7, 11) is 0. The van der Waals surface area contributed by atoms with E-state index in [0.29, 0.717) is 13.1 Å². The van der Waals surface area contributed by atoms with Gasteiger partial charge in [-0.05, 0) is 0 Å². The fourth-order valence-electron chi connectivity index (χ4n) is 1.14. The van der Waals surface area contributed by atoms with E-state index in [9.17, 15) is 4.79 Å². The van der Waals surface area contributed by atoms with Crippen molar-refractivity contribution in [2.24, 2.45) is 0 Å². The topological polar surface area (TPSA) is 43.6 Å². The Bertz CT molecular complexity index is 204. The minimum atomic E-state index is 0.00477. The van der Waals surface area contributed by atoms with Crippen molar-refractivity contribution in [3.05, 3.63) is 0 Å². The number of amides is 1. The number of hydrogen-bond donors (Lipinski definition) is 0. The summed E-state index contributed by atoms with van der Waals surface area (Å²) in [6.07, 6.45) is 4.98. The summed E-state index contributed by atoms with van der Waals surface area (Å²) in [5.41, 5.74) is 0. The predicted octanol–water partition coefficient (Wildman–Crippen LogP) is -0.917. The van der Waals surface area contributed by atoms with Gasteiger partial charge in [0.1, 0.15) is 13.2 Å². The van der Waals surface area contributed by atoms with Crippen molar-refractivity contribution in [3.63, 3.8) is 0 Å². The molecule has 1 aliphatic heterocycles. The SMILES string of the molecule is C#CCOCC(=O)N1CC[N]CC1. The highest BCUT2D eigenvalue weighted by molar-refractivity contribution is 5.77. The molecule has 0 atom stereocenters. The van der Waals surface area contributed by atoms with Crippen LogP contribution in [0, 0.1) is 12.3 Å². The molecule has 0 saturated carbocycles. The number of piperazine rings is 1. The van der Waals surface area contributed by atoms with Crippen molar-refractivity contribution in [1.29, 1.82) is 0 Å². The lowest BCUT2D eigenvalue weighted by Gasteiger charge is -2.26. The van der Waals surface area contributed by atoms with E-state index in [0.717, 1.165) is 13.1 Å². The third-order valence-electron chi connectivity index (χ3n) is 1.82. The number of terminal acetylenes is 1. The molecule has 0 aromatic carbocycles. The van der Waals surface area contributed by atoms with Crippen LogP contribution in [0.5, 0.6) is 0 Å². The van der Waals surface area contributed by atoms with Crippen LogP contribution < -0.4 is 5.32 Å². The standard InChI is InChI=1S/C9H13N2O2/c1-2-7-13-8-9(12)11-5-3-10-4-6-11/h1H,3-8H2. The second-order valence-electron chi connectivity index (χ2n) is 2.75. The molecular formula is C9H13N2O2. The first-order valence-corrected chi connectivity index (χ1v) is 4.27. The normalized spacial score (nSPS) is 16.7. The minimum Gasteiger partial charge on any atom is -0.359 e. The molecule has 0 aromatic heterocycles. The fraction of sp³-hybridized carbons (Fsp3) is 0.667. The van der Waals surface area contributed by atoms with E-state index in [1.807, 2.05) is 0 Å². The maximum absolute atomic E-state index is 11.4. The molecule has 0 bridgehead atoms. The van der Waals surface area contributed by atoms with Gasteiger partial charge in [0.15, 0.2) is 0 Å². The summed E-state index contributed by atoms with van der Waals surface area (Å²) in [6.45, 7) is 3.17. The van der Waals surface area contributed by atoms with E-state index in [4.69, 9.17) is 11.2 Å². The van der Waals surface area contributed by atoms with Crippen LogP contribution >= 0.6 is 0 Å². The number of hydrogen-bond acceptors (Lipinski definition) is 2. The Morgan fingerprint density at radius 2 is 2.23 bits per heavy atom. The molecule has 1 rings (SSSR count). The van der Waals surface area contributed by atoms with Crippen LogP contribution in [-0.4, -0.2) is 50.2 Å². The third-order valence-corrected chi connectivity index (χ3v) is 1.82. The van der Waals surface area contributed by atoms with Gasteiger partial charge in [-0.3, -0.25) is 4.79 Å². The summed E-state index contributed by atoms with van der Waals surface area (Å²) in [5, 5.41) is 4.14. The summed E-state index contributed by atoms with van der Waals surface area (Å²) in [4.78, 5) is 13.1. The van der Waals surface area contributed by atoms with Gasteiger partial charge in [-0.25, -0.2) is 5.32 Å². The van der Waals surface area contributed by atoms with Crippen LogP contribution in [0.25, 0.3) is 0 Å². The van der Waals surface area contributed by atoms with Crippen LogP contribution in [0.3, 0.4) is 0 Å². The van der Waals surface area contributed by atoms with Gasteiger partial charge in [-0.15, -0.1) is 6.42 Å². The molecule has 0 aromatic rings. The monoisotopic (exact) mass is 181 g/mol. The zero-order valence-electron chi connectivity index (χ0n) is 7.53. The van der Waals surface area contributed by atoms with Crippen molar-refractivity contribution in [1.82, 2.24) is 10.2 Å². The largest absolute Gasteiger partial charge is 0.359 e. The zero-order chi connectivity index (χ0) is 9.52. The van der Waals surface area contributed by atoms with Gasteiger partial charge in [0.05, 0.1) is 0 Å². The number of carbonyl (C=O) groups is 1. The van der Waals surface area contributed by atoms with Crippen molar-refractivity contribution in [3.8, 4) is 12.3 Å². The zero-order valence-corrected chi connectivity index (χ0v) is 7.53. The summed E-state index contributed by atoms with van der Waals surface area (Å²) < 4.78 is 4.94. The Hall–Kier alpha value is -1.05. The molecule has 13 heavy (non-hydrogen) atoms. The molecule has 4 nitrogen and oxygen atoms in total. The second-order valence-corrected chi connectivity index (χ2v) is 2.75. The summed E-state index contributed by atoms with van der Waals surface area (Å²) >= 11 is 0. The number of rotatable bonds is 3. The lowest BCUT2D eigenvalue weighted by atomic mass is 10.3. The molecule has 1 aliphatic rings. The quantitative estimate of drug-likeness (QED) is 0.417. The van der Waals surface area contributed by atoms with Gasteiger partial charge in [0.25, 0.3) is 0 Å². The van der Waals surface area contributed by atoms with Gasteiger partial charge < -0.3 is 9.64 Å². The number of ether oxygens (including phenoxy) is 1. The molecule has 1 fully saturated rings. The molecule has 0 spiro atoms. The van der Waals surface area contributed by atoms with Gasteiger partial charge in [0.2, 0.25) is 5.91 Å². The van der Waals surface area contributed by atoms with Crippen LogP contribution in [0.4, 0.5) is 0 Å². The molecule has 1 amide bonds. The van der Waals surface area contributed by atoms with Crippen molar-refractivity contribution >= 4 is 5.91 Å². The summed E-state index contributed by atoms with van der Waals surface area (Å²) in [6, 6.07) is 0. The van der Waals surface area contributed by atoms with E-state index in [1.54, 1.807) is 4.90 Å². The van der Waals surface area contributed by atoms with Crippen LogP contribution in [0.2, 0.25) is 0 Å². The van der Waals surface area contributed by atoms with Crippen molar-refractivity contribution in [2.75, 3.05) is 39.4 Å². The van der Waals surface area contributed by atoms with Gasteiger partial charge in [0, 0.05) is 26.2 Å². The fourth-order valence-corrected chi connectivity index (χ4v) is 1.14. The highest BCUT2D eigenvalue weighted by Crippen LogP contribution is 1.94. The first kappa shape index (κ1) is 10.0. The lowest BCUT2D eigenvalue weighted by molar-refractivity contribution is -0.136. The Kier molecular flexibility index (Phi) is 4.30.